The van der Waals surface area contributed by atoms with Crippen molar-refractivity contribution in [2.45, 2.75) is 33.2 Å². The Morgan fingerprint density at radius 2 is 2.14 bits per heavy atom. The second-order valence-corrected chi connectivity index (χ2v) is 6.30. The van der Waals surface area contributed by atoms with E-state index < -0.39 is 0 Å². The minimum absolute atomic E-state index is 0.131. The van der Waals surface area contributed by atoms with Gasteiger partial charge in [0.05, 0.1) is 0 Å². The van der Waals surface area contributed by atoms with Crippen LogP contribution in [0, 0.1) is 13.8 Å². The fourth-order valence-corrected chi connectivity index (χ4v) is 2.60. The summed E-state index contributed by atoms with van der Waals surface area (Å²) in [6.07, 6.45) is 0.648. The Labute approximate surface area is 132 Å². The SMILES string of the molecule is CC[C@H](Nc1cc(Cl)ccc1C)C(=O)Nc1nnc(C)s1. The summed E-state index contributed by atoms with van der Waals surface area (Å²) < 4.78 is 0. The van der Waals surface area contributed by atoms with Crippen molar-refractivity contribution in [3.63, 3.8) is 0 Å². The maximum absolute atomic E-state index is 12.3. The van der Waals surface area contributed by atoms with Crippen LogP contribution < -0.4 is 10.6 Å². The van der Waals surface area contributed by atoms with Crippen LogP contribution in [-0.2, 0) is 4.79 Å². The number of aromatic nitrogens is 2. The van der Waals surface area contributed by atoms with Crippen molar-refractivity contribution in [1.29, 1.82) is 0 Å². The van der Waals surface area contributed by atoms with E-state index in [-0.39, 0.29) is 11.9 Å². The minimum atomic E-state index is -0.355. The second-order valence-electron chi connectivity index (χ2n) is 4.68. The van der Waals surface area contributed by atoms with Crippen LogP contribution in [0.5, 0.6) is 0 Å². The number of aryl methyl sites for hydroxylation is 2. The highest BCUT2D eigenvalue weighted by Gasteiger charge is 2.18. The van der Waals surface area contributed by atoms with E-state index in [0.29, 0.717) is 16.6 Å². The first kappa shape index (κ1) is 15.7. The van der Waals surface area contributed by atoms with Gasteiger partial charge in [0.1, 0.15) is 11.0 Å². The normalized spacial score (nSPS) is 12.0. The molecule has 0 aliphatic carbocycles. The quantitative estimate of drug-likeness (QED) is 0.881. The van der Waals surface area contributed by atoms with Crippen LogP contribution >= 0.6 is 22.9 Å². The molecular formula is C14H17ClN4OS. The summed E-state index contributed by atoms with van der Waals surface area (Å²) >= 11 is 7.35. The molecule has 1 aromatic carbocycles. The lowest BCUT2D eigenvalue weighted by Crippen LogP contribution is -2.34. The average Bonchev–Trinajstić information content (AvgIpc) is 2.84. The van der Waals surface area contributed by atoms with Crippen molar-refractivity contribution < 1.29 is 4.79 Å². The lowest BCUT2D eigenvalue weighted by molar-refractivity contribution is -0.117. The number of anilines is 2. The number of carbonyl (C=O) groups is 1. The zero-order chi connectivity index (χ0) is 15.4. The summed E-state index contributed by atoms with van der Waals surface area (Å²) in [6, 6.07) is 5.21. The van der Waals surface area contributed by atoms with Crippen LogP contribution in [0.1, 0.15) is 23.9 Å². The molecule has 1 heterocycles. The Hall–Kier alpha value is -1.66. The number of halogens is 1. The highest BCUT2D eigenvalue weighted by atomic mass is 35.5. The molecule has 0 aliphatic rings. The average molecular weight is 325 g/mol. The summed E-state index contributed by atoms with van der Waals surface area (Å²) in [5.74, 6) is -0.131. The van der Waals surface area contributed by atoms with E-state index in [1.807, 2.05) is 39.0 Å². The van der Waals surface area contributed by atoms with Gasteiger partial charge in [0, 0.05) is 10.7 Å². The van der Waals surface area contributed by atoms with E-state index in [1.165, 1.54) is 11.3 Å². The van der Waals surface area contributed by atoms with Gasteiger partial charge in [-0.05, 0) is 38.0 Å². The van der Waals surface area contributed by atoms with E-state index in [0.717, 1.165) is 16.3 Å². The maximum Gasteiger partial charge on any atom is 0.248 e. The molecule has 0 saturated heterocycles. The third-order valence-electron chi connectivity index (χ3n) is 3.01. The van der Waals surface area contributed by atoms with E-state index in [4.69, 9.17) is 11.6 Å². The molecule has 21 heavy (non-hydrogen) atoms. The van der Waals surface area contributed by atoms with Gasteiger partial charge in [-0.25, -0.2) is 0 Å². The Bertz CT molecular complexity index is 644. The molecule has 1 aromatic heterocycles. The molecule has 112 valence electrons. The summed E-state index contributed by atoms with van der Waals surface area (Å²) in [7, 11) is 0. The molecule has 1 atom stereocenters. The number of amides is 1. The zero-order valence-corrected chi connectivity index (χ0v) is 13.7. The first-order valence-electron chi connectivity index (χ1n) is 6.63. The van der Waals surface area contributed by atoms with Crippen LogP contribution in [0.25, 0.3) is 0 Å². The molecule has 5 nitrogen and oxygen atoms in total. The zero-order valence-electron chi connectivity index (χ0n) is 12.1. The van der Waals surface area contributed by atoms with Gasteiger partial charge in [-0.3, -0.25) is 10.1 Å². The second kappa shape index (κ2) is 6.87. The fourth-order valence-electron chi connectivity index (χ4n) is 1.83. The van der Waals surface area contributed by atoms with Crippen molar-refractivity contribution >= 4 is 39.7 Å². The molecule has 0 saturated carbocycles. The number of hydrogen-bond donors (Lipinski definition) is 2. The highest BCUT2D eigenvalue weighted by molar-refractivity contribution is 7.15. The van der Waals surface area contributed by atoms with Gasteiger partial charge in [-0.15, -0.1) is 10.2 Å². The molecule has 2 aromatic rings. The number of benzene rings is 1. The Morgan fingerprint density at radius 3 is 2.76 bits per heavy atom. The third kappa shape index (κ3) is 4.15. The Balaban J connectivity index is 2.08. The number of nitrogens with zero attached hydrogens (tertiary/aromatic N) is 2. The molecular weight excluding hydrogens is 308 g/mol. The Kier molecular flexibility index (Phi) is 5.14. The van der Waals surface area contributed by atoms with Crippen LogP contribution in [-0.4, -0.2) is 22.1 Å². The number of hydrogen-bond acceptors (Lipinski definition) is 5. The summed E-state index contributed by atoms with van der Waals surface area (Å²) in [4.78, 5) is 12.3. The lowest BCUT2D eigenvalue weighted by atomic mass is 10.1. The first-order chi connectivity index (χ1) is 9.99. The number of rotatable bonds is 5. The predicted molar refractivity (Wildman–Crippen MR) is 87.2 cm³/mol. The van der Waals surface area contributed by atoms with Gasteiger partial charge >= 0.3 is 0 Å². The minimum Gasteiger partial charge on any atom is -0.373 e. The molecule has 2 N–H and O–H groups in total. The van der Waals surface area contributed by atoms with E-state index in [2.05, 4.69) is 20.8 Å². The summed E-state index contributed by atoms with van der Waals surface area (Å²) in [5, 5.41) is 15.8. The predicted octanol–water partition coefficient (Wildman–Crippen LogP) is 3.64. The van der Waals surface area contributed by atoms with Gasteiger partial charge in [0.15, 0.2) is 0 Å². The van der Waals surface area contributed by atoms with E-state index in [1.54, 1.807) is 0 Å². The summed E-state index contributed by atoms with van der Waals surface area (Å²) in [6.45, 7) is 5.76. The summed E-state index contributed by atoms with van der Waals surface area (Å²) in [5.41, 5.74) is 1.90. The molecule has 0 radical (unpaired) electrons. The highest BCUT2D eigenvalue weighted by Crippen LogP contribution is 2.22. The van der Waals surface area contributed by atoms with E-state index in [9.17, 15) is 4.79 Å². The molecule has 0 bridgehead atoms. The van der Waals surface area contributed by atoms with Crippen molar-refractivity contribution in [2.75, 3.05) is 10.6 Å². The first-order valence-corrected chi connectivity index (χ1v) is 7.82. The van der Waals surface area contributed by atoms with Gasteiger partial charge < -0.3 is 5.32 Å². The van der Waals surface area contributed by atoms with Gasteiger partial charge in [-0.1, -0.05) is 35.9 Å². The van der Waals surface area contributed by atoms with Crippen LogP contribution in [0.15, 0.2) is 18.2 Å². The van der Waals surface area contributed by atoms with Crippen molar-refractivity contribution in [3.8, 4) is 0 Å². The van der Waals surface area contributed by atoms with Crippen molar-refractivity contribution in [1.82, 2.24) is 10.2 Å². The maximum atomic E-state index is 12.3. The van der Waals surface area contributed by atoms with Crippen LogP contribution in [0.3, 0.4) is 0 Å². The number of carbonyl (C=O) groups excluding carboxylic acids is 1. The number of nitrogens with one attached hydrogen (secondary N) is 2. The van der Waals surface area contributed by atoms with Gasteiger partial charge in [0.2, 0.25) is 11.0 Å². The molecule has 7 heteroatoms. The fraction of sp³-hybridized carbons (Fsp3) is 0.357. The van der Waals surface area contributed by atoms with Crippen molar-refractivity contribution in [2.24, 2.45) is 0 Å². The Morgan fingerprint density at radius 1 is 1.38 bits per heavy atom. The van der Waals surface area contributed by atoms with Gasteiger partial charge in [-0.2, -0.15) is 0 Å². The molecule has 2 rings (SSSR count). The smallest absolute Gasteiger partial charge is 0.248 e. The van der Waals surface area contributed by atoms with Crippen molar-refractivity contribution in [3.05, 3.63) is 33.8 Å². The standard InChI is InChI=1S/C14H17ClN4OS/c1-4-11(13(20)17-14-19-18-9(3)21-14)16-12-7-10(15)6-5-8(12)2/h5-7,11,16H,4H2,1-3H3,(H,17,19,20)/t11-/m0/s1. The molecule has 0 spiro atoms. The third-order valence-corrected chi connectivity index (χ3v) is 4.00. The monoisotopic (exact) mass is 324 g/mol. The van der Waals surface area contributed by atoms with Gasteiger partial charge in [0.25, 0.3) is 0 Å². The molecule has 1 amide bonds. The van der Waals surface area contributed by atoms with E-state index >= 15 is 0 Å². The van der Waals surface area contributed by atoms with Crippen LogP contribution in [0.4, 0.5) is 10.8 Å². The molecule has 0 aliphatic heterocycles. The largest absolute Gasteiger partial charge is 0.373 e. The topological polar surface area (TPSA) is 66.9 Å². The molecule has 0 unspecified atom stereocenters. The lowest BCUT2D eigenvalue weighted by Gasteiger charge is -2.18. The molecule has 0 fully saturated rings. The van der Waals surface area contributed by atoms with Crippen LogP contribution in [0.2, 0.25) is 5.02 Å².